The van der Waals surface area contributed by atoms with Crippen LogP contribution in [0.4, 0.5) is 0 Å². The first-order valence-electron chi connectivity index (χ1n) is 6.17. The summed E-state index contributed by atoms with van der Waals surface area (Å²) in [6.07, 6.45) is 3.92. The summed E-state index contributed by atoms with van der Waals surface area (Å²) in [5, 5.41) is 3.46. The highest BCUT2D eigenvalue weighted by Crippen LogP contribution is 2.21. The Morgan fingerprint density at radius 2 is 1.67 bits per heavy atom. The predicted octanol–water partition coefficient (Wildman–Crippen LogP) is 2.74. The fourth-order valence-corrected chi connectivity index (χ4v) is 1.89. The van der Waals surface area contributed by atoms with Crippen LogP contribution in [0.2, 0.25) is 0 Å². The molecule has 0 aliphatic heterocycles. The second-order valence-corrected chi connectivity index (χ2v) is 5.71. The standard InChI is InChI=1S/C13H30N2/c1-11(2)9-8-10-12(14-5)13(3,4)15(6)7/h11-12,14H,8-10H2,1-7H3. The molecule has 1 unspecified atom stereocenters. The van der Waals surface area contributed by atoms with Crippen LogP contribution in [0, 0.1) is 5.92 Å². The Hall–Kier alpha value is -0.0800. The molecule has 0 radical (unpaired) electrons. The number of rotatable bonds is 7. The van der Waals surface area contributed by atoms with Gasteiger partial charge in [-0.15, -0.1) is 0 Å². The summed E-state index contributed by atoms with van der Waals surface area (Å²) in [7, 11) is 6.39. The van der Waals surface area contributed by atoms with Gasteiger partial charge in [0.25, 0.3) is 0 Å². The molecule has 0 rings (SSSR count). The Morgan fingerprint density at radius 1 is 1.13 bits per heavy atom. The highest BCUT2D eigenvalue weighted by molar-refractivity contribution is 4.90. The van der Waals surface area contributed by atoms with Crippen molar-refractivity contribution >= 4 is 0 Å². The van der Waals surface area contributed by atoms with Crippen LogP contribution in [0.25, 0.3) is 0 Å². The van der Waals surface area contributed by atoms with E-state index in [1.165, 1.54) is 19.3 Å². The molecule has 15 heavy (non-hydrogen) atoms. The summed E-state index contributed by atoms with van der Waals surface area (Å²) >= 11 is 0. The van der Waals surface area contributed by atoms with Crippen molar-refractivity contribution in [2.24, 2.45) is 5.92 Å². The van der Waals surface area contributed by atoms with Crippen LogP contribution in [-0.2, 0) is 0 Å². The lowest BCUT2D eigenvalue weighted by Crippen LogP contribution is -2.54. The largest absolute Gasteiger partial charge is 0.315 e. The minimum absolute atomic E-state index is 0.228. The Balaban J connectivity index is 4.12. The van der Waals surface area contributed by atoms with Crippen LogP contribution >= 0.6 is 0 Å². The zero-order valence-electron chi connectivity index (χ0n) is 11.7. The minimum atomic E-state index is 0.228. The number of hydrogen-bond acceptors (Lipinski definition) is 2. The zero-order valence-corrected chi connectivity index (χ0v) is 11.7. The summed E-state index contributed by atoms with van der Waals surface area (Å²) in [5.74, 6) is 0.824. The van der Waals surface area contributed by atoms with Crippen molar-refractivity contribution in [3.8, 4) is 0 Å². The van der Waals surface area contributed by atoms with E-state index in [1.54, 1.807) is 0 Å². The lowest BCUT2D eigenvalue weighted by molar-refractivity contribution is 0.134. The highest BCUT2D eigenvalue weighted by atomic mass is 15.2. The SMILES string of the molecule is CNC(CCCC(C)C)C(C)(C)N(C)C. The predicted molar refractivity (Wildman–Crippen MR) is 69.3 cm³/mol. The lowest BCUT2D eigenvalue weighted by Gasteiger charge is -2.40. The second-order valence-electron chi connectivity index (χ2n) is 5.71. The molecular weight excluding hydrogens is 184 g/mol. The topological polar surface area (TPSA) is 15.3 Å². The highest BCUT2D eigenvalue weighted by Gasteiger charge is 2.29. The van der Waals surface area contributed by atoms with Gasteiger partial charge in [0.15, 0.2) is 0 Å². The van der Waals surface area contributed by atoms with Gasteiger partial charge in [-0.1, -0.05) is 26.7 Å². The molecule has 0 saturated heterocycles. The molecule has 92 valence electrons. The quantitative estimate of drug-likeness (QED) is 0.701. The van der Waals surface area contributed by atoms with Gasteiger partial charge in [-0.2, -0.15) is 0 Å². The maximum absolute atomic E-state index is 3.46. The summed E-state index contributed by atoms with van der Waals surface area (Å²) in [6, 6.07) is 0.575. The van der Waals surface area contributed by atoms with E-state index in [0.29, 0.717) is 6.04 Å². The molecule has 0 heterocycles. The molecule has 2 heteroatoms. The number of hydrogen-bond donors (Lipinski definition) is 1. The van der Waals surface area contributed by atoms with Crippen LogP contribution in [0.15, 0.2) is 0 Å². The minimum Gasteiger partial charge on any atom is -0.315 e. The van der Waals surface area contributed by atoms with E-state index in [0.717, 1.165) is 5.92 Å². The molecule has 0 aliphatic rings. The monoisotopic (exact) mass is 214 g/mol. The smallest absolute Gasteiger partial charge is 0.0300 e. The Labute approximate surface area is 96.4 Å². The van der Waals surface area contributed by atoms with Gasteiger partial charge in [0.05, 0.1) is 0 Å². The van der Waals surface area contributed by atoms with Crippen LogP contribution in [0.1, 0.15) is 47.0 Å². The molecule has 2 nitrogen and oxygen atoms in total. The molecule has 0 fully saturated rings. The van der Waals surface area contributed by atoms with E-state index in [4.69, 9.17) is 0 Å². The van der Waals surface area contributed by atoms with Crippen molar-refractivity contribution in [2.75, 3.05) is 21.1 Å². The molecule has 0 bridgehead atoms. The van der Waals surface area contributed by atoms with Crippen molar-refractivity contribution in [1.29, 1.82) is 0 Å². The Bertz CT molecular complexity index is 162. The fourth-order valence-electron chi connectivity index (χ4n) is 1.89. The molecule has 1 N–H and O–H groups in total. The van der Waals surface area contributed by atoms with Crippen molar-refractivity contribution in [3.63, 3.8) is 0 Å². The average molecular weight is 214 g/mol. The maximum atomic E-state index is 3.46. The normalized spacial score (nSPS) is 15.0. The first-order chi connectivity index (χ1) is 6.82. The van der Waals surface area contributed by atoms with Gasteiger partial charge in [-0.25, -0.2) is 0 Å². The van der Waals surface area contributed by atoms with Crippen molar-refractivity contribution in [3.05, 3.63) is 0 Å². The van der Waals surface area contributed by atoms with Crippen LogP contribution in [0.5, 0.6) is 0 Å². The van der Waals surface area contributed by atoms with Gasteiger partial charge in [0.1, 0.15) is 0 Å². The molecule has 0 amide bonds. The molecular formula is C13H30N2. The maximum Gasteiger partial charge on any atom is 0.0300 e. The summed E-state index contributed by atoms with van der Waals surface area (Å²) in [5.41, 5.74) is 0.228. The van der Waals surface area contributed by atoms with E-state index in [-0.39, 0.29) is 5.54 Å². The van der Waals surface area contributed by atoms with E-state index >= 15 is 0 Å². The van der Waals surface area contributed by atoms with Gasteiger partial charge < -0.3 is 10.2 Å². The Kier molecular flexibility index (Phi) is 6.46. The third-order valence-electron chi connectivity index (χ3n) is 3.63. The van der Waals surface area contributed by atoms with Crippen molar-refractivity contribution < 1.29 is 0 Å². The van der Waals surface area contributed by atoms with E-state index < -0.39 is 0 Å². The average Bonchev–Trinajstić information content (AvgIpc) is 2.11. The van der Waals surface area contributed by atoms with E-state index in [9.17, 15) is 0 Å². The van der Waals surface area contributed by atoms with Crippen LogP contribution in [-0.4, -0.2) is 37.6 Å². The summed E-state index contributed by atoms with van der Waals surface area (Å²) in [6.45, 7) is 9.21. The molecule has 0 aromatic carbocycles. The molecule has 0 aromatic heterocycles. The van der Waals surface area contributed by atoms with Crippen molar-refractivity contribution in [1.82, 2.24) is 10.2 Å². The first-order valence-corrected chi connectivity index (χ1v) is 6.17. The lowest BCUT2D eigenvalue weighted by atomic mass is 9.88. The molecule has 1 atom stereocenters. The molecule has 0 aliphatic carbocycles. The van der Waals surface area contributed by atoms with E-state index in [1.807, 2.05) is 0 Å². The first kappa shape index (κ1) is 14.9. The van der Waals surface area contributed by atoms with Gasteiger partial charge in [0.2, 0.25) is 0 Å². The second kappa shape index (κ2) is 6.49. The van der Waals surface area contributed by atoms with Crippen LogP contribution in [0.3, 0.4) is 0 Å². The third kappa shape index (κ3) is 4.98. The number of nitrogens with one attached hydrogen (secondary N) is 1. The van der Waals surface area contributed by atoms with Crippen LogP contribution < -0.4 is 5.32 Å². The summed E-state index contributed by atoms with van der Waals surface area (Å²) in [4.78, 5) is 2.31. The molecule has 0 saturated carbocycles. The number of likely N-dealkylation sites (N-methyl/N-ethyl adjacent to an activating group) is 2. The molecule has 0 aromatic rings. The summed E-state index contributed by atoms with van der Waals surface area (Å²) < 4.78 is 0. The number of nitrogens with zero attached hydrogens (tertiary/aromatic N) is 1. The van der Waals surface area contributed by atoms with Gasteiger partial charge in [0, 0.05) is 11.6 Å². The third-order valence-corrected chi connectivity index (χ3v) is 3.63. The van der Waals surface area contributed by atoms with Crippen molar-refractivity contribution in [2.45, 2.75) is 58.5 Å². The van der Waals surface area contributed by atoms with Gasteiger partial charge in [-0.3, -0.25) is 0 Å². The Morgan fingerprint density at radius 3 is 2.00 bits per heavy atom. The van der Waals surface area contributed by atoms with Gasteiger partial charge in [-0.05, 0) is 47.3 Å². The van der Waals surface area contributed by atoms with Gasteiger partial charge >= 0.3 is 0 Å². The van der Waals surface area contributed by atoms with E-state index in [2.05, 4.69) is 59.1 Å². The molecule has 0 spiro atoms. The fraction of sp³-hybridized carbons (Fsp3) is 1.00. The zero-order chi connectivity index (χ0) is 12.1.